The van der Waals surface area contributed by atoms with E-state index in [-0.39, 0.29) is 29.5 Å². The van der Waals surface area contributed by atoms with Gasteiger partial charge in [0, 0.05) is 17.8 Å². The third-order valence-corrected chi connectivity index (χ3v) is 6.81. The summed E-state index contributed by atoms with van der Waals surface area (Å²) in [6.45, 7) is 16.4. The van der Waals surface area contributed by atoms with E-state index in [4.69, 9.17) is 0 Å². The number of anilines is 1. The molecule has 1 aromatic heterocycles. The van der Waals surface area contributed by atoms with Gasteiger partial charge in [-0.25, -0.2) is 0 Å². The molecule has 0 aliphatic carbocycles. The monoisotopic (exact) mass is 505 g/mol. The van der Waals surface area contributed by atoms with E-state index >= 15 is 0 Å². The molecule has 2 N–H and O–H groups in total. The molecule has 2 aromatic carbocycles. The van der Waals surface area contributed by atoms with E-state index in [1.165, 1.54) is 11.8 Å². The number of rotatable bonds is 10. The normalized spacial score (nSPS) is 11.9. The third kappa shape index (κ3) is 6.63. The zero-order valence-corrected chi connectivity index (χ0v) is 22.7. The number of thioether (sulfide) groups is 1. The average Bonchev–Trinajstić information content (AvgIpc) is 3.20. The first kappa shape index (κ1) is 27.2. The van der Waals surface area contributed by atoms with Gasteiger partial charge < -0.3 is 15.2 Å². The number of aromatic nitrogens is 3. The Morgan fingerprint density at radius 2 is 1.75 bits per heavy atom. The first-order valence-corrected chi connectivity index (χ1v) is 13.0. The molecule has 3 aromatic rings. The van der Waals surface area contributed by atoms with Gasteiger partial charge in [-0.2, -0.15) is 0 Å². The molecule has 0 unspecified atom stereocenters. The lowest BCUT2D eigenvalue weighted by Gasteiger charge is -2.22. The van der Waals surface area contributed by atoms with Crippen LogP contribution in [0.1, 0.15) is 58.3 Å². The molecule has 0 fully saturated rings. The molecule has 3 rings (SSSR count). The van der Waals surface area contributed by atoms with Crippen molar-refractivity contribution < 1.29 is 9.59 Å². The molecule has 0 aliphatic rings. The van der Waals surface area contributed by atoms with Crippen molar-refractivity contribution in [1.29, 1.82) is 0 Å². The summed E-state index contributed by atoms with van der Waals surface area (Å²) in [6.07, 6.45) is 1.76. The number of benzene rings is 2. The second-order valence-corrected chi connectivity index (χ2v) is 10.4. The number of hydrogen-bond donors (Lipinski definition) is 2. The van der Waals surface area contributed by atoms with Crippen molar-refractivity contribution in [1.82, 2.24) is 20.1 Å². The Labute approximate surface area is 217 Å². The standard InChI is InChI=1S/C28H35N5O2S/c1-8-12-33-26(24(17(2)3)30-27(35)22-11-9-10-18(4)15-22)31-32-28(33)36-16-23(34)29-25-20(6)13-19(5)14-21(25)7/h8-11,13-15,17,24H,1,12,16H2,2-7H3,(H,29,34)(H,30,35)/t24-/m1/s1. The van der Waals surface area contributed by atoms with Gasteiger partial charge in [0.1, 0.15) is 0 Å². The molecule has 0 saturated carbocycles. The van der Waals surface area contributed by atoms with Gasteiger partial charge in [0.15, 0.2) is 11.0 Å². The van der Waals surface area contributed by atoms with Crippen molar-refractivity contribution in [2.24, 2.45) is 5.92 Å². The zero-order valence-electron chi connectivity index (χ0n) is 21.9. The van der Waals surface area contributed by atoms with Crippen LogP contribution in [-0.4, -0.2) is 32.3 Å². The van der Waals surface area contributed by atoms with E-state index in [0.29, 0.717) is 23.1 Å². The molecule has 0 saturated heterocycles. The smallest absolute Gasteiger partial charge is 0.251 e. The number of carbonyl (C=O) groups is 2. The van der Waals surface area contributed by atoms with Crippen LogP contribution < -0.4 is 10.6 Å². The molecule has 190 valence electrons. The summed E-state index contributed by atoms with van der Waals surface area (Å²) >= 11 is 1.31. The number of carbonyl (C=O) groups excluding carboxylic acids is 2. The lowest BCUT2D eigenvalue weighted by molar-refractivity contribution is -0.113. The maximum Gasteiger partial charge on any atom is 0.251 e. The van der Waals surface area contributed by atoms with Gasteiger partial charge in [0.05, 0.1) is 11.8 Å². The summed E-state index contributed by atoms with van der Waals surface area (Å²) in [5.41, 5.74) is 5.70. The quantitative estimate of drug-likeness (QED) is 0.278. The Morgan fingerprint density at radius 1 is 1.06 bits per heavy atom. The molecular formula is C28H35N5O2S. The number of hydrogen-bond acceptors (Lipinski definition) is 5. The first-order chi connectivity index (χ1) is 17.1. The van der Waals surface area contributed by atoms with Gasteiger partial charge in [-0.05, 0) is 56.9 Å². The van der Waals surface area contributed by atoms with Crippen molar-refractivity contribution in [3.63, 3.8) is 0 Å². The van der Waals surface area contributed by atoms with Gasteiger partial charge in [0.25, 0.3) is 5.91 Å². The molecule has 1 heterocycles. The Kier molecular flexibility index (Phi) is 9.09. The lowest BCUT2D eigenvalue weighted by Crippen LogP contribution is -2.34. The third-order valence-electron chi connectivity index (χ3n) is 5.84. The second-order valence-electron chi connectivity index (χ2n) is 9.42. The fourth-order valence-corrected chi connectivity index (χ4v) is 4.92. The summed E-state index contributed by atoms with van der Waals surface area (Å²) < 4.78 is 1.91. The zero-order chi connectivity index (χ0) is 26.4. The van der Waals surface area contributed by atoms with Gasteiger partial charge in [-0.3, -0.25) is 9.59 Å². The Hall–Kier alpha value is -3.39. The summed E-state index contributed by atoms with van der Waals surface area (Å²) in [7, 11) is 0. The summed E-state index contributed by atoms with van der Waals surface area (Å²) in [5, 5.41) is 15.5. The maximum atomic E-state index is 13.0. The van der Waals surface area contributed by atoms with E-state index in [2.05, 4.69) is 39.5 Å². The fraction of sp³-hybridized carbons (Fsp3) is 0.357. The van der Waals surface area contributed by atoms with Gasteiger partial charge in [-0.1, -0.05) is 67.1 Å². The van der Waals surface area contributed by atoms with Crippen molar-refractivity contribution in [2.45, 2.75) is 59.3 Å². The molecule has 0 aliphatic heterocycles. The maximum absolute atomic E-state index is 13.0. The molecule has 36 heavy (non-hydrogen) atoms. The second kappa shape index (κ2) is 12.0. The van der Waals surface area contributed by atoms with Crippen molar-refractivity contribution in [3.8, 4) is 0 Å². The van der Waals surface area contributed by atoms with E-state index in [0.717, 1.165) is 27.9 Å². The molecule has 0 bridgehead atoms. The fourth-order valence-electron chi connectivity index (χ4n) is 4.16. The highest BCUT2D eigenvalue weighted by Crippen LogP contribution is 2.27. The van der Waals surface area contributed by atoms with Crippen LogP contribution in [0.15, 0.2) is 54.2 Å². The number of aryl methyl sites for hydroxylation is 4. The lowest BCUT2D eigenvalue weighted by atomic mass is 10.0. The molecule has 7 nitrogen and oxygen atoms in total. The summed E-state index contributed by atoms with van der Waals surface area (Å²) in [6, 6.07) is 11.2. The molecular weight excluding hydrogens is 470 g/mol. The molecule has 0 spiro atoms. The SMILES string of the molecule is C=CCn1c(SCC(=O)Nc2c(C)cc(C)cc2C)nnc1[C@H](NC(=O)c1cccc(C)c1)C(C)C. The van der Waals surface area contributed by atoms with E-state index < -0.39 is 0 Å². The molecule has 0 radical (unpaired) electrons. The van der Waals surface area contributed by atoms with E-state index in [1.807, 2.05) is 64.3 Å². The topological polar surface area (TPSA) is 88.9 Å². The minimum atomic E-state index is -0.355. The summed E-state index contributed by atoms with van der Waals surface area (Å²) in [4.78, 5) is 25.7. The summed E-state index contributed by atoms with van der Waals surface area (Å²) in [5.74, 6) is 0.615. The largest absolute Gasteiger partial charge is 0.342 e. The number of nitrogens with zero attached hydrogens (tertiary/aromatic N) is 3. The van der Waals surface area contributed by atoms with Crippen LogP contribution in [0, 0.1) is 33.6 Å². The van der Waals surface area contributed by atoms with Crippen LogP contribution in [-0.2, 0) is 11.3 Å². The molecule has 8 heteroatoms. The van der Waals surface area contributed by atoms with Gasteiger partial charge in [-0.15, -0.1) is 16.8 Å². The van der Waals surface area contributed by atoms with Crippen LogP contribution >= 0.6 is 11.8 Å². The minimum absolute atomic E-state index is 0.0696. The van der Waals surface area contributed by atoms with E-state index in [9.17, 15) is 9.59 Å². The Morgan fingerprint density at radius 3 is 2.36 bits per heavy atom. The average molecular weight is 506 g/mol. The highest BCUT2D eigenvalue weighted by atomic mass is 32.2. The highest BCUT2D eigenvalue weighted by molar-refractivity contribution is 7.99. The van der Waals surface area contributed by atoms with Gasteiger partial charge in [0.2, 0.25) is 5.91 Å². The Balaban J connectivity index is 1.77. The van der Waals surface area contributed by atoms with Crippen molar-refractivity contribution in [3.05, 3.63) is 82.7 Å². The first-order valence-electron chi connectivity index (χ1n) is 12.0. The van der Waals surface area contributed by atoms with Crippen molar-refractivity contribution >= 4 is 29.3 Å². The number of allylic oxidation sites excluding steroid dienone is 1. The van der Waals surface area contributed by atoms with Crippen LogP contribution in [0.2, 0.25) is 0 Å². The van der Waals surface area contributed by atoms with Crippen LogP contribution in [0.4, 0.5) is 5.69 Å². The molecule has 1 atom stereocenters. The predicted molar refractivity (Wildman–Crippen MR) is 146 cm³/mol. The Bertz CT molecular complexity index is 1240. The highest BCUT2D eigenvalue weighted by Gasteiger charge is 2.26. The van der Waals surface area contributed by atoms with Crippen LogP contribution in [0.25, 0.3) is 0 Å². The van der Waals surface area contributed by atoms with Crippen molar-refractivity contribution in [2.75, 3.05) is 11.1 Å². The van der Waals surface area contributed by atoms with Gasteiger partial charge >= 0.3 is 0 Å². The van der Waals surface area contributed by atoms with Crippen LogP contribution in [0.3, 0.4) is 0 Å². The predicted octanol–water partition coefficient (Wildman–Crippen LogP) is 5.56. The molecule has 2 amide bonds. The van der Waals surface area contributed by atoms with Crippen LogP contribution in [0.5, 0.6) is 0 Å². The number of amides is 2. The van der Waals surface area contributed by atoms with E-state index in [1.54, 1.807) is 12.1 Å². The number of nitrogens with one attached hydrogen (secondary N) is 2. The minimum Gasteiger partial charge on any atom is -0.342 e.